The van der Waals surface area contributed by atoms with Crippen molar-refractivity contribution in [3.05, 3.63) is 42.7 Å². The number of hydrogen-bond acceptors (Lipinski definition) is 2. The van der Waals surface area contributed by atoms with E-state index >= 15 is 0 Å². The van der Waals surface area contributed by atoms with E-state index in [0.29, 0.717) is 0 Å². The first-order chi connectivity index (χ1) is 6.29. The largest absolute Gasteiger partial charge is 0.368 e. The smallest absolute Gasteiger partial charge is 0.127 e. The van der Waals surface area contributed by atoms with Gasteiger partial charge >= 0.3 is 0 Å². The van der Waals surface area contributed by atoms with Crippen molar-refractivity contribution < 1.29 is 4.74 Å². The van der Waals surface area contributed by atoms with E-state index in [1.165, 1.54) is 0 Å². The van der Waals surface area contributed by atoms with Crippen LogP contribution >= 0.6 is 0 Å². The normalized spacial score (nSPS) is 14.9. The molecule has 70 valence electrons. The molecule has 0 aliphatic rings. The van der Waals surface area contributed by atoms with Crippen LogP contribution in [0.15, 0.2) is 37.1 Å². The van der Waals surface area contributed by atoms with E-state index in [9.17, 15) is 0 Å². The second-order valence-corrected chi connectivity index (χ2v) is 2.87. The highest BCUT2D eigenvalue weighted by Crippen LogP contribution is 2.27. The summed E-state index contributed by atoms with van der Waals surface area (Å²) >= 11 is 0. The lowest BCUT2D eigenvalue weighted by atomic mass is 9.96. The molecule has 1 aromatic heterocycles. The Labute approximate surface area is 79.3 Å². The first-order valence-corrected chi connectivity index (χ1v) is 4.39. The Hall–Kier alpha value is -1.15. The van der Waals surface area contributed by atoms with Crippen LogP contribution in [0.4, 0.5) is 0 Å². The van der Waals surface area contributed by atoms with Crippen LogP contribution in [0.2, 0.25) is 0 Å². The molecule has 2 nitrogen and oxygen atoms in total. The van der Waals surface area contributed by atoms with Crippen molar-refractivity contribution in [2.45, 2.75) is 18.9 Å². The Morgan fingerprint density at radius 1 is 1.62 bits per heavy atom. The van der Waals surface area contributed by atoms with E-state index in [4.69, 9.17) is 4.74 Å². The van der Waals surface area contributed by atoms with Gasteiger partial charge in [0.05, 0.1) is 5.69 Å². The maximum absolute atomic E-state index is 5.44. The van der Waals surface area contributed by atoms with Gasteiger partial charge < -0.3 is 4.74 Å². The highest BCUT2D eigenvalue weighted by molar-refractivity contribution is 5.19. The molecule has 0 aliphatic carbocycles. The van der Waals surface area contributed by atoms with Crippen molar-refractivity contribution in [3.63, 3.8) is 0 Å². The molecule has 1 rings (SSSR count). The first-order valence-electron chi connectivity index (χ1n) is 4.39. The van der Waals surface area contributed by atoms with E-state index < -0.39 is 5.60 Å². The maximum Gasteiger partial charge on any atom is 0.127 e. The topological polar surface area (TPSA) is 22.1 Å². The van der Waals surface area contributed by atoms with Crippen LogP contribution in [-0.4, -0.2) is 12.1 Å². The number of methoxy groups -OCH3 is 1. The predicted octanol–water partition coefficient (Wildman–Crippen LogP) is 2.52. The zero-order chi connectivity index (χ0) is 9.73. The van der Waals surface area contributed by atoms with Crippen molar-refractivity contribution in [3.8, 4) is 0 Å². The minimum atomic E-state index is -0.429. The van der Waals surface area contributed by atoms with Crippen LogP contribution in [0.1, 0.15) is 19.0 Å². The average Bonchev–Trinajstić information content (AvgIpc) is 2.23. The van der Waals surface area contributed by atoms with Gasteiger partial charge in [0.2, 0.25) is 0 Å². The van der Waals surface area contributed by atoms with E-state index in [1.54, 1.807) is 19.4 Å². The molecule has 1 heterocycles. The molecule has 0 bridgehead atoms. The summed E-state index contributed by atoms with van der Waals surface area (Å²) in [6.07, 6.45) is 4.40. The standard InChI is InChI=1S/C11H15NO/c1-4-11(5-2,13-3)10-8-6-7-9-12-10/h4,6-9H,1,5H2,2-3H3. The number of rotatable bonds is 4. The van der Waals surface area contributed by atoms with Gasteiger partial charge in [-0.05, 0) is 18.6 Å². The third kappa shape index (κ3) is 1.78. The van der Waals surface area contributed by atoms with Gasteiger partial charge in [-0.25, -0.2) is 0 Å². The lowest BCUT2D eigenvalue weighted by Crippen LogP contribution is -2.25. The summed E-state index contributed by atoms with van der Waals surface area (Å²) < 4.78 is 5.44. The van der Waals surface area contributed by atoms with Gasteiger partial charge in [-0.3, -0.25) is 4.98 Å². The van der Waals surface area contributed by atoms with Crippen molar-refractivity contribution in [1.82, 2.24) is 4.98 Å². The van der Waals surface area contributed by atoms with Crippen molar-refractivity contribution in [1.29, 1.82) is 0 Å². The van der Waals surface area contributed by atoms with Gasteiger partial charge in [0.15, 0.2) is 0 Å². The molecule has 1 atom stereocenters. The molecular weight excluding hydrogens is 162 g/mol. The molecule has 0 N–H and O–H groups in total. The molecule has 0 aromatic carbocycles. The molecular formula is C11H15NO. The molecule has 0 spiro atoms. The molecule has 0 saturated heterocycles. The summed E-state index contributed by atoms with van der Waals surface area (Å²) in [4.78, 5) is 4.27. The fourth-order valence-corrected chi connectivity index (χ4v) is 1.38. The third-order valence-electron chi connectivity index (χ3n) is 2.32. The number of aromatic nitrogens is 1. The zero-order valence-electron chi connectivity index (χ0n) is 8.16. The van der Waals surface area contributed by atoms with E-state index in [-0.39, 0.29) is 0 Å². The van der Waals surface area contributed by atoms with Crippen LogP contribution in [-0.2, 0) is 10.3 Å². The van der Waals surface area contributed by atoms with Gasteiger partial charge in [-0.2, -0.15) is 0 Å². The Bertz CT molecular complexity index is 265. The summed E-state index contributed by atoms with van der Waals surface area (Å²) in [6.45, 7) is 5.84. The molecule has 0 aliphatic heterocycles. The maximum atomic E-state index is 5.44. The van der Waals surface area contributed by atoms with E-state index in [1.807, 2.05) is 18.2 Å². The lowest BCUT2D eigenvalue weighted by molar-refractivity contribution is 0.0223. The highest BCUT2D eigenvalue weighted by atomic mass is 16.5. The van der Waals surface area contributed by atoms with Crippen LogP contribution in [0.3, 0.4) is 0 Å². The highest BCUT2D eigenvalue weighted by Gasteiger charge is 2.27. The summed E-state index contributed by atoms with van der Waals surface area (Å²) in [5.41, 5.74) is 0.483. The molecule has 1 aromatic rings. The Morgan fingerprint density at radius 2 is 2.38 bits per heavy atom. The summed E-state index contributed by atoms with van der Waals surface area (Å²) in [5, 5.41) is 0. The quantitative estimate of drug-likeness (QED) is 0.659. The first kappa shape index (κ1) is 9.93. The molecule has 1 unspecified atom stereocenters. The Morgan fingerprint density at radius 3 is 2.77 bits per heavy atom. The van der Waals surface area contributed by atoms with Gasteiger partial charge in [-0.15, -0.1) is 0 Å². The van der Waals surface area contributed by atoms with E-state index in [2.05, 4.69) is 18.5 Å². The van der Waals surface area contributed by atoms with Gasteiger partial charge in [0.1, 0.15) is 5.60 Å². The van der Waals surface area contributed by atoms with Crippen molar-refractivity contribution in [2.75, 3.05) is 7.11 Å². The van der Waals surface area contributed by atoms with Crippen molar-refractivity contribution >= 4 is 0 Å². The van der Waals surface area contributed by atoms with Gasteiger partial charge in [0.25, 0.3) is 0 Å². The zero-order valence-corrected chi connectivity index (χ0v) is 8.16. The average molecular weight is 177 g/mol. The second kappa shape index (κ2) is 4.19. The minimum Gasteiger partial charge on any atom is -0.368 e. The SMILES string of the molecule is C=CC(CC)(OC)c1ccccn1. The molecule has 0 radical (unpaired) electrons. The number of nitrogens with zero attached hydrogens (tertiary/aromatic N) is 1. The second-order valence-electron chi connectivity index (χ2n) is 2.87. The number of hydrogen-bond donors (Lipinski definition) is 0. The molecule has 2 heteroatoms. The van der Waals surface area contributed by atoms with Crippen molar-refractivity contribution in [2.24, 2.45) is 0 Å². The lowest BCUT2D eigenvalue weighted by Gasteiger charge is -2.26. The fraction of sp³-hybridized carbons (Fsp3) is 0.364. The summed E-state index contributed by atoms with van der Waals surface area (Å²) in [7, 11) is 1.68. The molecule has 13 heavy (non-hydrogen) atoms. The van der Waals surface area contributed by atoms with Crippen LogP contribution in [0.5, 0.6) is 0 Å². The number of pyridine rings is 1. The molecule has 0 fully saturated rings. The summed E-state index contributed by atoms with van der Waals surface area (Å²) in [5.74, 6) is 0. The van der Waals surface area contributed by atoms with E-state index in [0.717, 1.165) is 12.1 Å². The van der Waals surface area contributed by atoms with Gasteiger partial charge in [0, 0.05) is 13.3 Å². The molecule has 0 amide bonds. The van der Waals surface area contributed by atoms with Crippen LogP contribution < -0.4 is 0 Å². The Kier molecular flexibility index (Phi) is 3.20. The van der Waals surface area contributed by atoms with Crippen LogP contribution in [0.25, 0.3) is 0 Å². The Balaban J connectivity index is 3.08. The predicted molar refractivity (Wildman–Crippen MR) is 53.4 cm³/mol. The fourth-order valence-electron chi connectivity index (χ4n) is 1.38. The monoisotopic (exact) mass is 177 g/mol. The van der Waals surface area contributed by atoms with Crippen LogP contribution in [0, 0.1) is 0 Å². The third-order valence-corrected chi connectivity index (χ3v) is 2.32. The summed E-state index contributed by atoms with van der Waals surface area (Å²) in [6, 6.07) is 5.80. The van der Waals surface area contributed by atoms with Gasteiger partial charge in [-0.1, -0.05) is 25.6 Å². The molecule has 0 saturated carbocycles. The number of ether oxygens (including phenoxy) is 1. The minimum absolute atomic E-state index is 0.429.